The Morgan fingerprint density at radius 3 is 2.92 bits per heavy atom. The monoisotopic (exact) mass is 345 g/mol. The molecule has 2 heterocycles. The normalized spacial score (nSPS) is 17.7. The van der Waals surface area contributed by atoms with Crippen LogP contribution in [0.2, 0.25) is 5.02 Å². The Kier molecular flexibility index (Phi) is 5.33. The number of ether oxygens (including phenoxy) is 1. The van der Waals surface area contributed by atoms with E-state index in [-0.39, 0.29) is 11.9 Å². The van der Waals surface area contributed by atoms with Gasteiger partial charge in [0.2, 0.25) is 5.88 Å². The van der Waals surface area contributed by atoms with Crippen molar-refractivity contribution in [2.45, 2.75) is 19.0 Å². The molecule has 126 valence electrons. The summed E-state index contributed by atoms with van der Waals surface area (Å²) in [6.45, 7) is 2.58. The third kappa shape index (κ3) is 4.04. The number of likely N-dealkylation sites (tertiary alicyclic amines) is 1. The number of nitrogens with zero attached hydrogens (tertiary/aromatic N) is 2. The fourth-order valence-corrected chi connectivity index (χ4v) is 3.11. The molecule has 0 saturated carbocycles. The molecule has 1 aliphatic rings. The highest BCUT2D eigenvalue weighted by atomic mass is 35.5. The molecule has 1 aliphatic heterocycles. The Hall–Kier alpha value is -2.11. The minimum absolute atomic E-state index is 0.112. The number of benzene rings is 1. The zero-order chi connectivity index (χ0) is 16.9. The second-order valence-electron chi connectivity index (χ2n) is 5.88. The van der Waals surface area contributed by atoms with Crippen molar-refractivity contribution in [2.24, 2.45) is 0 Å². The van der Waals surface area contributed by atoms with Crippen LogP contribution in [-0.2, 0) is 6.54 Å². The van der Waals surface area contributed by atoms with Gasteiger partial charge in [0.1, 0.15) is 0 Å². The van der Waals surface area contributed by atoms with Crippen LogP contribution in [0, 0.1) is 0 Å². The van der Waals surface area contributed by atoms with E-state index in [0.29, 0.717) is 16.5 Å². The van der Waals surface area contributed by atoms with Crippen LogP contribution in [0.25, 0.3) is 0 Å². The Labute approximate surface area is 146 Å². The van der Waals surface area contributed by atoms with Crippen LogP contribution >= 0.6 is 11.6 Å². The fourth-order valence-electron chi connectivity index (χ4n) is 2.89. The first-order valence-electron chi connectivity index (χ1n) is 7.92. The summed E-state index contributed by atoms with van der Waals surface area (Å²) < 4.78 is 5.07. The highest BCUT2D eigenvalue weighted by molar-refractivity contribution is 6.33. The summed E-state index contributed by atoms with van der Waals surface area (Å²) in [4.78, 5) is 18.8. The minimum atomic E-state index is -0.112. The van der Waals surface area contributed by atoms with Crippen molar-refractivity contribution in [1.29, 1.82) is 0 Å². The number of pyridine rings is 1. The molecule has 5 nitrogen and oxygen atoms in total. The van der Waals surface area contributed by atoms with Crippen LogP contribution in [0.4, 0.5) is 0 Å². The average Bonchev–Trinajstić information content (AvgIpc) is 3.02. The van der Waals surface area contributed by atoms with Crippen molar-refractivity contribution in [1.82, 2.24) is 15.2 Å². The highest BCUT2D eigenvalue weighted by Gasteiger charge is 2.24. The Morgan fingerprint density at radius 2 is 2.21 bits per heavy atom. The van der Waals surface area contributed by atoms with Crippen molar-refractivity contribution in [3.63, 3.8) is 0 Å². The number of hydrogen-bond acceptors (Lipinski definition) is 4. The average molecular weight is 346 g/mol. The molecule has 1 saturated heterocycles. The van der Waals surface area contributed by atoms with Crippen LogP contribution in [-0.4, -0.2) is 42.0 Å². The molecule has 2 aromatic rings. The molecule has 0 unspecified atom stereocenters. The van der Waals surface area contributed by atoms with Gasteiger partial charge in [-0.25, -0.2) is 4.98 Å². The van der Waals surface area contributed by atoms with Crippen molar-refractivity contribution in [3.05, 3.63) is 58.7 Å². The van der Waals surface area contributed by atoms with E-state index in [1.807, 2.05) is 30.5 Å². The van der Waals surface area contributed by atoms with Gasteiger partial charge in [-0.2, -0.15) is 0 Å². The molecule has 1 atom stereocenters. The van der Waals surface area contributed by atoms with Gasteiger partial charge >= 0.3 is 0 Å². The summed E-state index contributed by atoms with van der Waals surface area (Å²) in [6.07, 6.45) is 2.76. The van der Waals surface area contributed by atoms with Crippen LogP contribution in [0.3, 0.4) is 0 Å². The van der Waals surface area contributed by atoms with Crippen LogP contribution in [0.5, 0.6) is 5.88 Å². The number of aromatic nitrogens is 1. The number of halogens is 1. The highest BCUT2D eigenvalue weighted by Crippen LogP contribution is 2.18. The summed E-state index contributed by atoms with van der Waals surface area (Å²) in [5.74, 6) is 0.503. The van der Waals surface area contributed by atoms with Gasteiger partial charge in [0.15, 0.2) is 0 Å². The molecule has 1 aromatic heterocycles. The quantitative estimate of drug-likeness (QED) is 0.905. The number of carbonyl (C=O) groups excluding carboxylic acids is 1. The van der Waals surface area contributed by atoms with Gasteiger partial charge in [-0.3, -0.25) is 9.69 Å². The van der Waals surface area contributed by atoms with E-state index in [4.69, 9.17) is 16.3 Å². The van der Waals surface area contributed by atoms with Crippen LogP contribution in [0.1, 0.15) is 22.3 Å². The maximum absolute atomic E-state index is 12.3. The largest absolute Gasteiger partial charge is 0.481 e. The molecular weight excluding hydrogens is 326 g/mol. The lowest BCUT2D eigenvalue weighted by atomic mass is 10.2. The first-order chi connectivity index (χ1) is 11.7. The fraction of sp³-hybridized carbons (Fsp3) is 0.333. The van der Waals surface area contributed by atoms with Crippen LogP contribution < -0.4 is 10.1 Å². The summed E-state index contributed by atoms with van der Waals surface area (Å²) in [5, 5.41) is 3.55. The Bertz CT molecular complexity index is 706. The van der Waals surface area contributed by atoms with E-state index >= 15 is 0 Å². The second-order valence-corrected chi connectivity index (χ2v) is 6.29. The smallest absolute Gasteiger partial charge is 0.253 e. The van der Waals surface area contributed by atoms with E-state index in [2.05, 4.69) is 15.2 Å². The number of rotatable bonds is 5. The maximum Gasteiger partial charge on any atom is 0.253 e. The van der Waals surface area contributed by atoms with Gasteiger partial charge in [0.05, 0.1) is 17.7 Å². The number of hydrogen-bond donors (Lipinski definition) is 1. The van der Waals surface area contributed by atoms with Crippen molar-refractivity contribution >= 4 is 17.5 Å². The number of amides is 1. The second kappa shape index (κ2) is 7.64. The van der Waals surface area contributed by atoms with Crippen molar-refractivity contribution in [3.8, 4) is 5.88 Å². The molecule has 0 radical (unpaired) electrons. The maximum atomic E-state index is 12.3. The van der Waals surface area contributed by atoms with E-state index in [0.717, 1.165) is 31.6 Å². The Morgan fingerprint density at radius 1 is 1.38 bits per heavy atom. The van der Waals surface area contributed by atoms with Gasteiger partial charge in [-0.05, 0) is 24.1 Å². The number of nitrogens with one attached hydrogen (secondary N) is 1. The summed E-state index contributed by atoms with van der Waals surface area (Å²) >= 11 is 6.08. The first-order valence-corrected chi connectivity index (χ1v) is 8.30. The molecule has 1 fully saturated rings. The van der Waals surface area contributed by atoms with Gasteiger partial charge in [0, 0.05) is 37.9 Å². The first kappa shape index (κ1) is 16.7. The summed E-state index contributed by atoms with van der Waals surface area (Å²) in [6, 6.07) is 11.1. The summed E-state index contributed by atoms with van der Waals surface area (Å²) in [5.41, 5.74) is 1.66. The lowest BCUT2D eigenvalue weighted by molar-refractivity contribution is 0.0938. The van der Waals surface area contributed by atoms with E-state index in [1.54, 1.807) is 19.2 Å². The SMILES string of the molecule is COc1ccc(CN2CC[C@@H](NC(=O)c3ccccc3Cl)C2)cn1. The zero-order valence-electron chi connectivity index (χ0n) is 13.5. The van der Waals surface area contributed by atoms with Gasteiger partial charge < -0.3 is 10.1 Å². The molecule has 0 spiro atoms. The molecule has 1 aromatic carbocycles. The third-order valence-electron chi connectivity index (χ3n) is 4.14. The van der Waals surface area contributed by atoms with E-state index < -0.39 is 0 Å². The molecule has 1 N–H and O–H groups in total. The number of carbonyl (C=O) groups is 1. The van der Waals surface area contributed by atoms with E-state index in [1.165, 1.54) is 0 Å². The molecule has 0 aliphatic carbocycles. The predicted molar refractivity (Wildman–Crippen MR) is 93.4 cm³/mol. The molecule has 0 bridgehead atoms. The summed E-state index contributed by atoms with van der Waals surface area (Å²) in [7, 11) is 1.61. The van der Waals surface area contributed by atoms with Crippen molar-refractivity contribution in [2.75, 3.05) is 20.2 Å². The van der Waals surface area contributed by atoms with E-state index in [9.17, 15) is 4.79 Å². The third-order valence-corrected chi connectivity index (χ3v) is 4.47. The predicted octanol–water partition coefficient (Wildman–Crippen LogP) is 2.75. The molecular formula is C18H20ClN3O2. The van der Waals surface area contributed by atoms with Gasteiger partial charge in [-0.1, -0.05) is 29.8 Å². The molecule has 3 rings (SSSR count). The lowest BCUT2D eigenvalue weighted by Crippen LogP contribution is -2.37. The molecule has 1 amide bonds. The zero-order valence-corrected chi connectivity index (χ0v) is 14.3. The number of methoxy groups -OCH3 is 1. The minimum Gasteiger partial charge on any atom is -0.481 e. The van der Waals surface area contributed by atoms with Crippen molar-refractivity contribution < 1.29 is 9.53 Å². The Balaban J connectivity index is 1.53. The van der Waals surface area contributed by atoms with Gasteiger partial charge in [0.25, 0.3) is 5.91 Å². The van der Waals surface area contributed by atoms with Gasteiger partial charge in [-0.15, -0.1) is 0 Å². The topological polar surface area (TPSA) is 54.5 Å². The molecule has 24 heavy (non-hydrogen) atoms. The standard InChI is InChI=1S/C18H20ClN3O2/c1-24-17-7-6-13(10-20-17)11-22-9-8-14(12-22)21-18(23)15-4-2-3-5-16(15)19/h2-7,10,14H,8-9,11-12H2,1H3,(H,21,23)/t14-/m1/s1. The molecule has 6 heteroatoms. The van der Waals surface area contributed by atoms with Crippen LogP contribution in [0.15, 0.2) is 42.6 Å². The lowest BCUT2D eigenvalue weighted by Gasteiger charge is -2.17.